The van der Waals surface area contributed by atoms with Crippen LogP contribution in [0.3, 0.4) is 0 Å². The lowest BCUT2D eigenvalue weighted by Gasteiger charge is -2.32. The van der Waals surface area contributed by atoms with Crippen LogP contribution in [0.1, 0.15) is 28.8 Å². The van der Waals surface area contributed by atoms with Gasteiger partial charge in [0, 0.05) is 31.1 Å². The van der Waals surface area contributed by atoms with Crippen molar-refractivity contribution in [3.63, 3.8) is 0 Å². The second-order valence-electron chi connectivity index (χ2n) is 5.34. The van der Waals surface area contributed by atoms with Gasteiger partial charge in [0.25, 0.3) is 5.91 Å². The minimum absolute atomic E-state index is 0.0277. The average molecular weight is 310 g/mol. The molecule has 1 atom stereocenters. The summed E-state index contributed by atoms with van der Waals surface area (Å²) in [4.78, 5) is 25.1. The van der Waals surface area contributed by atoms with Gasteiger partial charge in [-0.3, -0.25) is 4.79 Å². The first kappa shape index (κ1) is 15.6. The molecule has 5 nitrogen and oxygen atoms in total. The van der Waals surface area contributed by atoms with Gasteiger partial charge in [-0.1, -0.05) is 12.1 Å². The standard InChI is InChI=1S/C15H20ClN3O2/c16-8-11-3-5-13(6-4-11)14(20)19-7-1-2-12(10-19)9-18-15(17)21/h3-6,12H,1-2,7-10H2,(H3,17,18,21). The van der Waals surface area contributed by atoms with Crippen LogP contribution < -0.4 is 11.1 Å². The number of hydrogen-bond donors (Lipinski definition) is 2. The topological polar surface area (TPSA) is 75.4 Å². The zero-order valence-electron chi connectivity index (χ0n) is 11.8. The predicted octanol–water partition coefficient (Wildman–Crippen LogP) is 1.95. The number of urea groups is 1. The number of alkyl halides is 1. The van der Waals surface area contributed by atoms with Gasteiger partial charge >= 0.3 is 6.03 Å². The molecule has 0 bridgehead atoms. The molecule has 2 rings (SSSR count). The SMILES string of the molecule is NC(=O)NCC1CCCN(C(=O)c2ccc(CCl)cc2)C1. The molecule has 3 amide bonds. The zero-order chi connectivity index (χ0) is 15.2. The smallest absolute Gasteiger partial charge is 0.312 e. The van der Waals surface area contributed by atoms with Gasteiger partial charge < -0.3 is 16.0 Å². The molecule has 1 aromatic carbocycles. The van der Waals surface area contributed by atoms with Crippen LogP contribution in [0.4, 0.5) is 4.79 Å². The number of carbonyl (C=O) groups excluding carboxylic acids is 2. The lowest BCUT2D eigenvalue weighted by atomic mass is 9.97. The molecule has 0 radical (unpaired) electrons. The largest absolute Gasteiger partial charge is 0.352 e. The predicted molar refractivity (Wildman–Crippen MR) is 82.2 cm³/mol. The van der Waals surface area contributed by atoms with Gasteiger partial charge in [0.05, 0.1) is 0 Å². The Labute approximate surface area is 129 Å². The summed E-state index contributed by atoms with van der Waals surface area (Å²) < 4.78 is 0. The molecule has 1 unspecified atom stereocenters. The molecule has 0 saturated carbocycles. The normalized spacial score (nSPS) is 18.3. The van der Waals surface area contributed by atoms with Crippen LogP contribution in [0.15, 0.2) is 24.3 Å². The molecule has 1 heterocycles. The number of nitrogens with two attached hydrogens (primary N) is 1. The highest BCUT2D eigenvalue weighted by molar-refractivity contribution is 6.17. The Balaban J connectivity index is 1.96. The van der Waals surface area contributed by atoms with E-state index in [1.165, 1.54) is 0 Å². The molecule has 0 spiro atoms. The van der Waals surface area contributed by atoms with Crippen LogP contribution in [0.25, 0.3) is 0 Å². The minimum atomic E-state index is -0.518. The Morgan fingerprint density at radius 2 is 2.05 bits per heavy atom. The molecule has 6 heteroatoms. The quantitative estimate of drug-likeness (QED) is 0.834. The van der Waals surface area contributed by atoms with E-state index in [9.17, 15) is 9.59 Å². The Kier molecular flexibility index (Phi) is 5.44. The molecule has 1 aliphatic rings. The number of primary amides is 1. The monoisotopic (exact) mass is 309 g/mol. The average Bonchev–Trinajstić information content (AvgIpc) is 2.52. The van der Waals surface area contributed by atoms with Crippen LogP contribution in [0.5, 0.6) is 0 Å². The van der Waals surface area contributed by atoms with Gasteiger partial charge in [0.2, 0.25) is 0 Å². The second kappa shape index (κ2) is 7.31. The van der Waals surface area contributed by atoms with E-state index in [1.807, 2.05) is 29.2 Å². The third-order valence-corrected chi connectivity index (χ3v) is 4.03. The van der Waals surface area contributed by atoms with Crippen molar-refractivity contribution in [2.24, 2.45) is 11.7 Å². The Morgan fingerprint density at radius 3 is 2.67 bits per heavy atom. The molecule has 3 N–H and O–H groups in total. The number of amides is 3. The lowest BCUT2D eigenvalue weighted by molar-refractivity contribution is 0.0675. The summed E-state index contributed by atoms with van der Waals surface area (Å²) in [6, 6.07) is 6.85. The number of halogens is 1. The highest BCUT2D eigenvalue weighted by Crippen LogP contribution is 2.18. The van der Waals surface area contributed by atoms with Gasteiger partial charge in [-0.05, 0) is 36.5 Å². The summed E-state index contributed by atoms with van der Waals surface area (Å²) in [6.07, 6.45) is 1.94. The fourth-order valence-electron chi connectivity index (χ4n) is 2.58. The molecule has 1 fully saturated rings. The maximum atomic E-state index is 12.5. The maximum Gasteiger partial charge on any atom is 0.312 e. The summed E-state index contributed by atoms with van der Waals surface area (Å²) in [7, 11) is 0. The highest BCUT2D eigenvalue weighted by atomic mass is 35.5. The number of carbonyl (C=O) groups is 2. The number of nitrogens with zero attached hydrogens (tertiary/aromatic N) is 1. The Hall–Kier alpha value is -1.75. The molecule has 0 aliphatic carbocycles. The second-order valence-corrected chi connectivity index (χ2v) is 5.60. The van der Waals surface area contributed by atoms with Gasteiger partial charge in [-0.2, -0.15) is 0 Å². The fourth-order valence-corrected chi connectivity index (χ4v) is 2.76. The number of piperidine rings is 1. The number of benzene rings is 1. The van der Waals surface area contributed by atoms with Crippen molar-refractivity contribution in [1.29, 1.82) is 0 Å². The highest BCUT2D eigenvalue weighted by Gasteiger charge is 2.24. The number of rotatable bonds is 4. The van der Waals surface area contributed by atoms with Crippen LogP contribution in [-0.2, 0) is 5.88 Å². The van der Waals surface area contributed by atoms with E-state index in [-0.39, 0.29) is 11.8 Å². The number of nitrogens with one attached hydrogen (secondary N) is 1. The Bertz CT molecular complexity index is 504. The van der Waals surface area contributed by atoms with Gasteiger partial charge in [0.1, 0.15) is 0 Å². The fraction of sp³-hybridized carbons (Fsp3) is 0.467. The van der Waals surface area contributed by atoms with Crippen molar-refractivity contribution in [2.45, 2.75) is 18.7 Å². The molecule has 0 aromatic heterocycles. The molecular weight excluding hydrogens is 290 g/mol. The van der Waals surface area contributed by atoms with Gasteiger partial charge in [0.15, 0.2) is 0 Å². The first-order valence-electron chi connectivity index (χ1n) is 7.07. The van der Waals surface area contributed by atoms with E-state index in [2.05, 4.69) is 5.32 Å². The third-order valence-electron chi connectivity index (χ3n) is 3.73. The van der Waals surface area contributed by atoms with Gasteiger partial charge in [-0.15, -0.1) is 11.6 Å². The molecule has 114 valence electrons. The van der Waals surface area contributed by atoms with E-state index >= 15 is 0 Å². The van der Waals surface area contributed by atoms with Crippen molar-refractivity contribution in [2.75, 3.05) is 19.6 Å². The van der Waals surface area contributed by atoms with E-state index in [4.69, 9.17) is 17.3 Å². The van der Waals surface area contributed by atoms with Crippen molar-refractivity contribution in [3.8, 4) is 0 Å². The number of likely N-dealkylation sites (tertiary alicyclic amines) is 1. The van der Waals surface area contributed by atoms with E-state index in [0.29, 0.717) is 24.5 Å². The van der Waals surface area contributed by atoms with Crippen molar-refractivity contribution >= 4 is 23.5 Å². The summed E-state index contributed by atoms with van der Waals surface area (Å²) in [5.41, 5.74) is 6.75. The Morgan fingerprint density at radius 1 is 1.33 bits per heavy atom. The summed E-state index contributed by atoms with van der Waals surface area (Å²) in [5.74, 6) is 0.733. The molecule has 1 saturated heterocycles. The first-order chi connectivity index (χ1) is 10.1. The van der Waals surface area contributed by atoms with Crippen LogP contribution >= 0.6 is 11.6 Å². The van der Waals surface area contributed by atoms with Crippen molar-refractivity contribution in [3.05, 3.63) is 35.4 Å². The summed E-state index contributed by atoms with van der Waals surface area (Å²) in [6.45, 7) is 1.92. The molecular formula is C15H20ClN3O2. The third kappa shape index (κ3) is 4.36. The van der Waals surface area contributed by atoms with Crippen LogP contribution in [-0.4, -0.2) is 36.5 Å². The van der Waals surface area contributed by atoms with E-state index in [0.717, 1.165) is 24.9 Å². The van der Waals surface area contributed by atoms with Gasteiger partial charge in [-0.25, -0.2) is 4.79 Å². The van der Waals surface area contributed by atoms with Crippen molar-refractivity contribution in [1.82, 2.24) is 10.2 Å². The van der Waals surface area contributed by atoms with Crippen LogP contribution in [0, 0.1) is 5.92 Å². The first-order valence-corrected chi connectivity index (χ1v) is 7.61. The summed E-state index contributed by atoms with van der Waals surface area (Å²) >= 11 is 5.75. The number of hydrogen-bond acceptors (Lipinski definition) is 2. The maximum absolute atomic E-state index is 12.5. The minimum Gasteiger partial charge on any atom is -0.352 e. The van der Waals surface area contributed by atoms with E-state index < -0.39 is 6.03 Å². The van der Waals surface area contributed by atoms with Crippen LogP contribution in [0.2, 0.25) is 0 Å². The zero-order valence-corrected chi connectivity index (χ0v) is 12.6. The summed E-state index contributed by atoms with van der Waals surface area (Å²) in [5, 5.41) is 2.62. The molecule has 21 heavy (non-hydrogen) atoms. The lowest BCUT2D eigenvalue weighted by Crippen LogP contribution is -2.44. The van der Waals surface area contributed by atoms with Crippen molar-refractivity contribution < 1.29 is 9.59 Å². The van der Waals surface area contributed by atoms with E-state index in [1.54, 1.807) is 0 Å². The molecule has 1 aromatic rings. The molecule has 1 aliphatic heterocycles.